The molecule has 1 aliphatic rings. The number of ketones is 1. The summed E-state index contributed by atoms with van der Waals surface area (Å²) >= 11 is 3.39. The summed E-state index contributed by atoms with van der Waals surface area (Å²) in [7, 11) is 0. The number of hydrogen-bond donors (Lipinski definition) is 1. The lowest BCUT2D eigenvalue weighted by Gasteiger charge is -2.28. The first-order chi connectivity index (χ1) is 15.9. The van der Waals surface area contributed by atoms with Crippen LogP contribution in [0.15, 0.2) is 58.6 Å². The number of carbonyl (C=O) groups excluding carboxylic acids is 2. The molecule has 33 heavy (non-hydrogen) atoms. The summed E-state index contributed by atoms with van der Waals surface area (Å²) in [5, 5.41) is 11.1. The van der Waals surface area contributed by atoms with E-state index < -0.39 is 17.7 Å². The van der Waals surface area contributed by atoms with Crippen molar-refractivity contribution >= 4 is 33.4 Å². The minimum atomic E-state index is -0.663. The van der Waals surface area contributed by atoms with E-state index in [1.165, 1.54) is 0 Å². The quantitative estimate of drug-likeness (QED) is 0.274. The van der Waals surface area contributed by atoms with Crippen molar-refractivity contribution in [1.29, 1.82) is 0 Å². The second-order valence-corrected chi connectivity index (χ2v) is 8.86. The first kappa shape index (κ1) is 25.0. The largest absolute Gasteiger partial charge is 0.507 e. The van der Waals surface area contributed by atoms with Crippen LogP contribution in [0, 0.1) is 0 Å². The second kappa shape index (κ2) is 11.5. The van der Waals surface area contributed by atoms with Crippen molar-refractivity contribution in [2.75, 3.05) is 32.8 Å². The standard InChI is InChI=1S/C26H31BrN2O4/c1-4-17-33-21-13-9-18(10-14-21)23-22(24(30)19-7-11-20(27)12-8-19)25(31)26(32)29(23)16-15-28(5-2)6-3/h7-14,23,30H,4-6,15-17H2,1-3H3. The van der Waals surface area contributed by atoms with Gasteiger partial charge in [0.05, 0.1) is 18.2 Å². The number of carbonyl (C=O) groups is 2. The van der Waals surface area contributed by atoms with E-state index in [0.717, 1.165) is 35.3 Å². The lowest BCUT2D eigenvalue weighted by atomic mass is 9.95. The first-order valence-corrected chi connectivity index (χ1v) is 12.2. The van der Waals surface area contributed by atoms with Gasteiger partial charge in [-0.2, -0.15) is 0 Å². The van der Waals surface area contributed by atoms with Crippen LogP contribution in [0.2, 0.25) is 0 Å². The Hall–Kier alpha value is -2.64. The number of likely N-dealkylation sites (N-methyl/N-ethyl adjacent to an activating group) is 1. The summed E-state index contributed by atoms with van der Waals surface area (Å²) < 4.78 is 6.54. The van der Waals surface area contributed by atoms with E-state index in [0.29, 0.717) is 25.3 Å². The smallest absolute Gasteiger partial charge is 0.295 e. The number of Topliss-reactive ketones (excluding diaryl/α,β-unsaturated/α-hetero) is 1. The molecule has 0 aliphatic carbocycles. The van der Waals surface area contributed by atoms with Crippen LogP contribution in [0.4, 0.5) is 0 Å². The maximum absolute atomic E-state index is 13.1. The van der Waals surface area contributed by atoms with Gasteiger partial charge in [0.2, 0.25) is 0 Å². The summed E-state index contributed by atoms with van der Waals surface area (Å²) in [4.78, 5) is 30.0. The van der Waals surface area contributed by atoms with Crippen molar-refractivity contribution < 1.29 is 19.4 Å². The van der Waals surface area contributed by atoms with E-state index in [1.54, 1.807) is 29.2 Å². The lowest BCUT2D eigenvalue weighted by Crippen LogP contribution is -2.38. The van der Waals surface area contributed by atoms with Crippen LogP contribution in [0.25, 0.3) is 5.76 Å². The van der Waals surface area contributed by atoms with Crippen molar-refractivity contribution in [3.8, 4) is 5.75 Å². The van der Waals surface area contributed by atoms with Gasteiger partial charge in [0.15, 0.2) is 0 Å². The highest BCUT2D eigenvalue weighted by Gasteiger charge is 2.45. The molecule has 1 heterocycles. The van der Waals surface area contributed by atoms with Crippen LogP contribution < -0.4 is 4.74 Å². The van der Waals surface area contributed by atoms with Gasteiger partial charge >= 0.3 is 0 Å². The van der Waals surface area contributed by atoms with Gasteiger partial charge in [0.25, 0.3) is 11.7 Å². The Kier molecular flexibility index (Phi) is 8.69. The van der Waals surface area contributed by atoms with E-state index in [1.807, 2.05) is 31.2 Å². The number of ether oxygens (including phenoxy) is 1. The highest BCUT2D eigenvalue weighted by atomic mass is 79.9. The van der Waals surface area contributed by atoms with Crippen LogP contribution >= 0.6 is 15.9 Å². The van der Waals surface area contributed by atoms with Crippen molar-refractivity contribution in [1.82, 2.24) is 9.80 Å². The zero-order chi connectivity index (χ0) is 24.0. The molecular weight excluding hydrogens is 484 g/mol. The molecule has 0 bridgehead atoms. The summed E-state index contributed by atoms with van der Waals surface area (Å²) in [6.45, 7) is 9.54. The Balaban J connectivity index is 2.04. The number of likely N-dealkylation sites (tertiary alicyclic amines) is 1. The molecule has 0 radical (unpaired) electrons. The van der Waals surface area contributed by atoms with Gasteiger partial charge < -0.3 is 19.6 Å². The van der Waals surface area contributed by atoms with E-state index in [4.69, 9.17) is 4.74 Å². The van der Waals surface area contributed by atoms with Crippen LogP contribution in [0.3, 0.4) is 0 Å². The molecule has 3 rings (SSSR count). The molecule has 1 saturated heterocycles. The number of halogens is 1. The fourth-order valence-corrected chi connectivity index (χ4v) is 4.24. The Labute approximate surface area is 204 Å². The molecule has 2 aromatic carbocycles. The first-order valence-electron chi connectivity index (χ1n) is 11.4. The van der Waals surface area contributed by atoms with E-state index in [-0.39, 0.29) is 11.3 Å². The lowest BCUT2D eigenvalue weighted by molar-refractivity contribution is -0.140. The number of amides is 1. The Morgan fingerprint density at radius 3 is 2.24 bits per heavy atom. The van der Waals surface area contributed by atoms with Crippen LogP contribution in [-0.4, -0.2) is 59.4 Å². The molecule has 1 fully saturated rings. The molecule has 176 valence electrons. The van der Waals surface area contributed by atoms with E-state index in [2.05, 4.69) is 34.7 Å². The normalized spacial score (nSPS) is 17.7. The molecule has 1 amide bonds. The highest BCUT2D eigenvalue weighted by molar-refractivity contribution is 9.10. The minimum absolute atomic E-state index is 0.115. The third-order valence-electron chi connectivity index (χ3n) is 5.88. The Bertz CT molecular complexity index is 998. The zero-order valence-electron chi connectivity index (χ0n) is 19.4. The molecule has 1 aliphatic heterocycles. The summed E-state index contributed by atoms with van der Waals surface area (Å²) in [5.41, 5.74) is 1.37. The topological polar surface area (TPSA) is 70.1 Å². The third kappa shape index (κ3) is 5.65. The molecular formula is C26H31BrN2O4. The Morgan fingerprint density at radius 2 is 1.67 bits per heavy atom. The minimum Gasteiger partial charge on any atom is -0.507 e. The number of hydrogen-bond acceptors (Lipinski definition) is 5. The third-order valence-corrected chi connectivity index (χ3v) is 6.41. The predicted octanol–water partition coefficient (Wildman–Crippen LogP) is 5.00. The average Bonchev–Trinajstić information content (AvgIpc) is 3.08. The molecule has 1 N–H and O–H groups in total. The fraction of sp³-hybridized carbons (Fsp3) is 0.385. The SMILES string of the molecule is CCCOc1ccc(C2C(=C(O)c3ccc(Br)cc3)C(=O)C(=O)N2CCN(CC)CC)cc1. The molecule has 6 nitrogen and oxygen atoms in total. The molecule has 1 unspecified atom stereocenters. The van der Waals surface area contributed by atoms with Crippen molar-refractivity contribution in [3.63, 3.8) is 0 Å². The van der Waals surface area contributed by atoms with Crippen LogP contribution in [-0.2, 0) is 9.59 Å². The number of aliphatic hydroxyl groups is 1. The predicted molar refractivity (Wildman–Crippen MR) is 133 cm³/mol. The summed E-state index contributed by atoms with van der Waals surface area (Å²) in [6.07, 6.45) is 0.903. The van der Waals surface area contributed by atoms with Gasteiger partial charge in [-0.3, -0.25) is 9.59 Å². The molecule has 0 aromatic heterocycles. The van der Waals surface area contributed by atoms with Gasteiger partial charge in [-0.25, -0.2) is 0 Å². The van der Waals surface area contributed by atoms with Crippen molar-refractivity contribution in [2.24, 2.45) is 0 Å². The maximum atomic E-state index is 13.1. The van der Waals surface area contributed by atoms with Crippen molar-refractivity contribution in [3.05, 3.63) is 69.7 Å². The Morgan fingerprint density at radius 1 is 1.03 bits per heavy atom. The molecule has 0 saturated carbocycles. The summed E-state index contributed by atoms with van der Waals surface area (Å²) in [6, 6.07) is 13.8. The highest BCUT2D eigenvalue weighted by Crippen LogP contribution is 2.39. The number of nitrogens with zero attached hydrogens (tertiary/aromatic N) is 2. The fourth-order valence-electron chi connectivity index (χ4n) is 3.98. The van der Waals surface area contributed by atoms with Gasteiger partial charge in [0, 0.05) is 23.1 Å². The number of benzene rings is 2. The molecule has 7 heteroatoms. The van der Waals surface area contributed by atoms with Crippen LogP contribution in [0.5, 0.6) is 5.75 Å². The van der Waals surface area contributed by atoms with Crippen LogP contribution in [0.1, 0.15) is 44.4 Å². The average molecular weight is 515 g/mol. The van der Waals surface area contributed by atoms with E-state index >= 15 is 0 Å². The van der Waals surface area contributed by atoms with Gasteiger partial charge in [0.1, 0.15) is 11.5 Å². The number of rotatable bonds is 10. The zero-order valence-corrected chi connectivity index (χ0v) is 21.0. The maximum Gasteiger partial charge on any atom is 0.295 e. The summed E-state index contributed by atoms with van der Waals surface area (Å²) in [5.74, 6) is -0.681. The molecule has 2 aromatic rings. The molecule has 0 spiro atoms. The molecule has 1 atom stereocenters. The van der Waals surface area contributed by atoms with Gasteiger partial charge in [-0.15, -0.1) is 0 Å². The van der Waals surface area contributed by atoms with Gasteiger partial charge in [-0.1, -0.05) is 61.0 Å². The monoisotopic (exact) mass is 514 g/mol. The second-order valence-electron chi connectivity index (χ2n) is 7.94. The van der Waals surface area contributed by atoms with E-state index in [9.17, 15) is 14.7 Å². The van der Waals surface area contributed by atoms with Gasteiger partial charge in [-0.05, 0) is 49.3 Å². The number of aliphatic hydroxyl groups excluding tert-OH is 1. The van der Waals surface area contributed by atoms with Crippen molar-refractivity contribution in [2.45, 2.75) is 33.2 Å².